The van der Waals surface area contributed by atoms with E-state index in [0.717, 1.165) is 44.4 Å². The van der Waals surface area contributed by atoms with E-state index in [-0.39, 0.29) is 5.41 Å². The van der Waals surface area contributed by atoms with Gasteiger partial charge in [-0.2, -0.15) is 0 Å². The highest BCUT2D eigenvalue weighted by Crippen LogP contribution is 2.64. The first-order chi connectivity index (χ1) is 15.2. The molecule has 162 valence electrons. The summed E-state index contributed by atoms with van der Waals surface area (Å²) in [5.41, 5.74) is 2.79. The molecule has 0 unspecified atom stereocenters. The molecule has 3 heteroatoms. The first kappa shape index (κ1) is 19.4. The molecular formula is C28H34N2O. The molecule has 0 atom stereocenters. The Bertz CT molecular complexity index is 889. The molecule has 0 N–H and O–H groups in total. The summed E-state index contributed by atoms with van der Waals surface area (Å²) in [5.74, 6) is 3.62. The van der Waals surface area contributed by atoms with Crippen molar-refractivity contribution in [2.45, 2.75) is 43.9 Å². The van der Waals surface area contributed by atoms with Crippen LogP contribution < -0.4 is 4.90 Å². The molecular weight excluding hydrogens is 380 g/mol. The van der Waals surface area contributed by atoms with Crippen molar-refractivity contribution < 1.29 is 4.79 Å². The van der Waals surface area contributed by atoms with Crippen molar-refractivity contribution in [1.29, 1.82) is 0 Å². The Labute approximate surface area is 186 Å². The second-order valence-corrected chi connectivity index (χ2v) is 10.6. The van der Waals surface area contributed by atoms with Crippen LogP contribution in [0.25, 0.3) is 0 Å². The lowest BCUT2D eigenvalue weighted by molar-refractivity contribution is -0.139. The van der Waals surface area contributed by atoms with E-state index < -0.39 is 0 Å². The van der Waals surface area contributed by atoms with Crippen LogP contribution in [0.1, 0.15) is 44.1 Å². The van der Waals surface area contributed by atoms with Gasteiger partial charge in [-0.25, -0.2) is 0 Å². The Kier molecular flexibility index (Phi) is 4.81. The van der Waals surface area contributed by atoms with Crippen LogP contribution in [0.5, 0.6) is 0 Å². The Morgan fingerprint density at radius 3 is 1.87 bits per heavy atom. The number of rotatable bonds is 4. The number of benzene rings is 2. The highest BCUT2D eigenvalue weighted by atomic mass is 16.2. The van der Waals surface area contributed by atoms with Gasteiger partial charge in [0.05, 0.1) is 0 Å². The predicted octanol–water partition coefficient (Wildman–Crippen LogP) is 5.12. The third-order valence-corrected chi connectivity index (χ3v) is 9.10. The maximum atomic E-state index is 13.7. The van der Waals surface area contributed by atoms with Crippen LogP contribution in [0.3, 0.4) is 0 Å². The number of para-hydroxylation sites is 1. The summed E-state index contributed by atoms with van der Waals surface area (Å²) in [6, 6.07) is 21.8. The lowest BCUT2D eigenvalue weighted by atomic mass is 9.43. The lowest BCUT2D eigenvalue weighted by Crippen LogP contribution is -2.58. The number of carbonyl (C=O) groups excluding carboxylic acids is 1. The molecule has 7 rings (SSSR count). The summed E-state index contributed by atoms with van der Waals surface area (Å²) in [4.78, 5) is 18.3. The summed E-state index contributed by atoms with van der Waals surface area (Å²) >= 11 is 0. The molecule has 3 nitrogen and oxygen atoms in total. The van der Waals surface area contributed by atoms with Gasteiger partial charge >= 0.3 is 0 Å². The smallest absolute Gasteiger partial charge is 0.223 e. The first-order valence-electron chi connectivity index (χ1n) is 12.4. The molecule has 4 saturated carbocycles. The summed E-state index contributed by atoms with van der Waals surface area (Å²) in [6.07, 6.45) is 7.55. The Morgan fingerprint density at radius 1 is 0.742 bits per heavy atom. The fraction of sp³-hybridized carbons (Fsp3) is 0.536. The van der Waals surface area contributed by atoms with E-state index in [1.807, 2.05) is 0 Å². The fourth-order valence-electron chi connectivity index (χ4n) is 7.85. The maximum Gasteiger partial charge on any atom is 0.223 e. The molecule has 1 amide bonds. The van der Waals surface area contributed by atoms with Crippen LogP contribution in [0, 0.1) is 23.7 Å². The maximum absolute atomic E-state index is 13.7. The molecule has 1 saturated heterocycles. The molecule has 0 spiro atoms. The van der Waals surface area contributed by atoms with Crippen LogP contribution in [0.15, 0.2) is 60.7 Å². The van der Waals surface area contributed by atoms with Crippen LogP contribution in [0.4, 0.5) is 5.69 Å². The van der Waals surface area contributed by atoms with Crippen molar-refractivity contribution in [2.75, 3.05) is 31.1 Å². The zero-order chi connectivity index (χ0) is 20.8. The molecule has 2 aromatic rings. The molecule has 1 aliphatic heterocycles. The standard InChI is InChI=1S/C28H34N2O/c31-27(30-13-11-29(12-14-30)26-9-5-2-6-10-26)20-28(23-7-3-1-4-8-23)24-16-21-15-22(18-24)19-25(28)17-21/h1-10,21-22,24-25H,11-20H2. The third-order valence-electron chi connectivity index (χ3n) is 9.10. The number of anilines is 1. The minimum absolute atomic E-state index is 0.0718. The summed E-state index contributed by atoms with van der Waals surface area (Å²) in [6.45, 7) is 3.56. The number of nitrogens with zero attached hydrogens (tertiary/aromatic N) is 2. The zero-order valence-electron chi connectivity index (χ0n) is 18.5. The van der Waals surface area contributed by atoms with Crippen molar-refractivity contribution in [2.24, 2.45) is 23.7 Å². The van der Waals surface area contributed by atoms with Gasteiger partial charge in [-0.3, -0.25) is 4.79 Å². The van der Waals surface area contributed by atoms with Crippen LogP contribution in [-0.2, 0) is 10.2 Å². The van der Waals surface area contributed by atoms with E-state index in [1.165, 1.54) is 43.4 Å². The topological polar surface area (TPSA) is 23.6 Å². The van der Waals surface area contributed by atoms with Crippen LogP contribution in [0.2, 0.25) is 0 Å². The highest BCUT2D eigenvalue weighted by Gasteiger charge is 2.58. The van der Waals surface area contributed by atoms with Crippen molar-refractivity contribution >= 4 is 11.6 Å². The quantitative estimate of drug-likeness (QED) is 0.693. The largest absolute Gasteiger partial charge is 0.368 e. The number of hydrogen-bond donors (Lipinski definition) is 0. The Hall–Kier alpha value is -2.29. The SMILES string of the molecule is O=C(CC1(c2ccccc2)C2CC3CC(C2)CC1C3)N1CCN(c2ccccc2)CC1. The van der Waals surface area contributed by atoms with Gasteiger partial charge < -0.3 is 9.80 Å². The predicted molar refractivity (Wildman–Crippen MR) is 125 cm³/mol. The molecule has 0 aromatic heterocycles. The molecule has 0 radical (unpaired) electrons. The highest BCUT2D eigenvalue weighted by molar-refractivity contribution is 5.78. The third kappa shape index (κ3) is 3.28. The van der Waals surface area contributed by atoms with E-state index in [4.69, 9.17) is 0 Å². The number of carbonyl (C=O) groups is 1. The molecule has 5 fully saturated rings. The summed E-state index contributed by atoms with van der Waals surface area (Å²) < 4.78 is 0. The van der Waals surface area contributed by atoms with Crippen LogP contribution in [-0.4, -0.2) is 37.0 Å². The molecule has 1 heterocycles. The molecule has 4 aliphatic carbocycles. The number of hydrogen-bond acceptors (Lipinski definition) is 2. The number of piperazine rings is 1. The molecule has 31 heavy (non-hydrogen) atoms. The minimum atomic E-state index is 0.0718. The molecule has 5 aliphatic rings. The normalized spacial score (nSPS) is 34.2. The molecule has 4 bridgehead atoms. The second-order valence-electron chi connectivity index (χ2n) is 10.6. The van der Waals surface area contributed by atoms with Gasteiger partial charge in [0.2, 0.25) is 5.91 Å². The van der Waals surface area contributed by atoms with E-state index in [1.54, 1.807) is 0 Å². The zero-order valence-corrected chi connectivity index (χ0v) is 18.5. The van der Waals surface area contributed by atoms with Crippen molar-refractivity contribution in [3.8, 4) is 0 Å². The average molecular weight is 415 g/mol. The van der Waals surface area contributed by atoms with Gasteiger partial charge in [0.15, 0.2) is 0 Å². The van der Waals surface area contributed by atoms with Gasteiger partial charge in [-0.1, -0.05) is 48.5 Å². The van der Waals surface area contributed by atoms with Crippen LogP contribution >= 0.6 is 0 Å². The summed E-state index contributed by atoms with van der Waals surface area (Å²) in [7, 11) is 0. The minimum Gasteiger partial charge on any atom is -0.368 e. The van der Waals surface area contributed by atoms with Gasteiger partial charge in [0.25, 0.3) is 0 Å². The van der Waals surface area contributed by atoms with Crippen molar-refractivity contribution in [3.05, 3.63) is 66.2 Å². The van der Waals surface area contributed by atoms with Gasteiger partial charge in [0.1, 0.15) is 0 Å². The first-order valence-corrected chi connectivity index (χ1v) is 12.4. The number of amides is 1. The Balaban J connectivity index is 1.22. The second kappa shape index (κ2) is 7.69. The van der Waals surface area contributed by atoms with Crippen molar-refractivity contribution in [3.63, 3.8) is 0 Å². The van der Waals surface area contributed by atoms with E-state index in [9.17, 15) is 4.79 Å². The Morgan fingerprint density at radius 2 is 1.29 bits per heavy atom. The average Bonchev–Trinajstić information content (AvgIpc) is 2.82. The van der Waals surface area contributed by atoms with Gasteiger partial charge in [0, 0.05) is 43.7 Å². The molecule has 2 aromatic carbocycles. The summed E-state index contributed by atoms with van der Waals surface area (Å²) in [5, 5.41) is 0. The van der Waals surface area contributed by atoms with E-state index in [0.29, 0.717) is 17.7 Å². The van der Waals surface area contributed by atoms with Gasteiger partial charge in [-0.05, 0) is 73.5 Å². The lowest BCUT2D eigenvalue weighted by Gasteiger charge is -2.62. The van der Waals surface area contributed by atoms with E-state index in [2.05, 4.69) is 70.5 Å². The van der Waals surface area contributed by atoms with Gasteiger partial charge in [-0.15, -0.1) is 0 Å². The monoisotopic (exact) mass is 414 g/mol. The van der Waals surface area contributed by atoms with E-state index >= 15 is 0 Å². The van der Waals surface area contributed by atoms with Crippen molar-refractivity contribution in [1.82, 2.24) is 4.90 Å². The fourth-order valence-corrected chi connectivity index (χ4v) is 7.85.